The molecule has 2 aromatic carbocycles. The molecule has 1 N–H and O–H groups in total. The van der Waals surface area contributed by atoms with Crippen molar-refractivity contribution in [1.29, 1.82) is 0 Å². The lowest BCUT2D eigenvalue weighted by molar-refractivity contribution is 0.0669. The zero-order chi connectivity index (χ0) is 19.3. The highest BCUT2D eigenvalue weighted by molar-refractivity contribution is 5.79. The first-order valence-corrected chi connectivity index (χ1v) is 9.87. The highest BCUT2D eigenvalue weighted by Crippen LogP contribution is 2.29. The molecule has 1 aliphatic heterocycles. The van der Waals surface area contributed by atoms with E-state index in [4.69, 9.17) is 14.2 Å². The molecule has 1 atom stereocenters. The molecule has 1 saturated heterocycles. The first-order valence-electron chi connectivity index (χ1n) is 9.87. The van der Waals surface area contributed by atoms with Gasteiger partial charge < -0.3 is 24.1 Å². The fourth-order valence-corrected chi connectivity index (χ4v) is 3.53. The molecular weight excluding hydrogens is 354 g/mol. The molecule has 0 amide bonds. The van der Waals surface area contributed by atoms with E-state index in [1.54, 1.807) is 7.11 Å². The Labute approximate surface area is 165 Å². The number of rotatable bonds is 8. The Balaban J connectivity index is 1.43. The van der Waals surface area contributed by atoms with E-state index in [2.05, 4.69) is 46.1 Å². The van der Waals surface area contributed by atoms with Crippen LogP contribution in [0.1, 0.15) is 25.3 Å². The summed E-state index contributed by atoms with van der Waals surface area (Å²) >= 11 is 0. The molecule has 0 saturated carbocycles. The average molecular weight is 381 g/mol. The molecule has 0 radical (unpaired) electrons. The second-order valence-electron chi connectivity index (χ2n) is 7.02. The maximum Gasteiger partial charge on any atom is 0.161 e. The summed E-state index contributed by atoms with van der Waals surface area (Å²) in [6.45, 7) is 5.12. The van der Waals surface area contributed by atoms with Crippen LogP contribution in [-0.2, 0) is 17.8 Å². The van der Waals surface area contributed by atoms with Gasteiger partial charge in [-0.3, -0.25) is 0 Å². The normalized spacial score (nSPS) is 16.4. The Kier molecular flexibility index (Phi) is 5.67. The Bertz CT molecular complexity index is 932. The maximum atomic E-state index is 5.99. The van der Waals surface area contributed by atoms with E-state index >= 15 is 0 Å². The van der Waals surface area contributed by atoms with Crippen molar-refractivity contribution in [3.05, 3.63) is 48.3 Å². The number of fused-ring (bicyclic) bond motifs is 1. The molecular formula is C22H27N3O3. The van der Waals surface area contributed by atoms with Gasteiger partial charge in [0.05, 0.1) is 30.6 Å². The number of aromatic nitrogens is 2. The zero-order valence-electron chi connectivity index (χ0n) is 16.5. The lowest BCUT2D eigenvalue weighted by Gasteiger charge is -2.15. The van der Waals surface area contributed by atoms with E-state index in [0.29, 0.717) is 13.2 Å². The third-order valence-electron chi connectivity index (χ3n) is 5.14. The molecule has 148 valence electrons. The quantitative estimate of drug-likeness (QED) is 0.633. The number of imidazole rings is 1. The Morgan fingerprint density at radius 1 is 1.21 bits per heavy atom. The van der Waals surface area contributed by atoms with Crippen LogP contribution in [0.4, 0.5) is 5.69 Å². The van der Waals surface area contributed by atoms with Crippen LogP contribution in [0.5, 0.6) is 11.5 Å². The molecule has 1 aliphatic rings. The third kappa shape index (κ3) is 4.07. The highest BCUT2D eigenvalue weighted by Gasteiger charge is 2.17. The fraction of sp³-hybridized carbons (Fsp3) is 0.409. The first kappa shape index (κ1) is 18.6. The third-order valence-corrected chi connectivity index (χ3v) is 5.14. The minimum absolute atomic E-state index is 0.182. The first-order chi connectivity index (χ1) is 13.8. The van der Waals surface area contributed by atoms with Crippen LogP contribution in [0.2, 0.25) is 0 Å². The van der Waals surface area contributed by atoms with Crippen molar-refractivity contribution in [2.45, 2.75) is 39.0 Å². The van der Waals surface area contributed by atoms with Gasteiger partial charge in [0, 0.05) is 25.4 Å². The van der Waals surface area contributed by atoms with Crippen molar-refractivity contribution >= 4 is 16.7 Å². The van der Waals surface area contributed by atoms with Crippen LogP contribution in [0, 0.1) is 0 Å². The van der Waals surface area contributed by atoms with Gasteiger partial charge in [-0.2, -0.15) is 0 Å². The fourth-order valence-electron chi connectivity index (χ4n) is 3.53. The smallest absolute Gasteiger partial charge is 0.161 e. The van der Waals surface area contributed by atoms with Crippen LogP contribution < -0.4 is 14.8 Å². The number of hydrogen-bond acceptors (Lipinski definition) is 5. The molecule has 2 heterocycles. The number of nitrogens with one attached hydrogen (secondary N) is 1. The van der Waals surface area contributed by atoms with Crippen LogP contribution in [0.15, 0.2) is 42.7 Å². The summed E-state index contributed by atoms with van der Waals surface area (Å²) in [6, 6.07) is 12.3. The second kappa shape index (κ2) is 8.52. The van der Waals surface area contributed by atoms with Crippen LogP contribution in [-0.4, -0.2) is 36.0 Å². The summed E-state index contributed by atoms with van der Waals surface area (Å²) in [7, 11) is 1.66. The molecule has 3 aromatic rings. The summed E-state index contributed by atoms with van der Waals surface area (Å²) in [4.78, 5) is 4.48. The Hall–Kier alpha value is -2.73. The number of nitrogens with zero attached hydrogens (tertiary/aromatic N) is 2. The topological polar surface area (TPSA) is 57.5 Å². The minimum atomic E-state index is 0.182. The predicted molar refractivity (Wildman–Crippen MR) is 110 cm³/mol. The summed E-state index contributed by atoms with van der Waals surface area (Å²) in [5, 5.41) is 3.47. The van der Waals surface area contributed by atoms with Gasteiger partial charge in [0.1, 0.15) is 6.61 Å². The molecule has 28 heavy (non-hydrogen) atoms. The van der Waals surface area contributed by atoms with E-state index < -0.39 is 0 Å². The molecule has 6 heteroatoms. The molecule has 6 nitrogen and oxygen atoms in total. The van der Waals surface area contributed by atoms with E-state index in [1.807, 2.05) is 18.5 Å². The molecule has 1 fully saturated rings. The average Bonchev–Trinajstić information content (AvgIpc) is 3.39. The Morgan fingerprint density at radius 2 is 2.14 bits per heavy atom. The van der Waals surface area contributed by atoms with Gasteiger partial charge in [0.2, 0.25) is 0 Å². The lowest BCUT2D eigenvalue weighted by atomic mass is 10.2. The zero-order valence-corrected chi connectivity index (χ0v) is 16.5. The van der Waals surface area contributed by atoms with E-state index in [1.165, 1.54) is 0 Å². The van der Waals surface area contributed by atoms with Gasteiger partial charge >= 0.3 is 0 Å². The largest absolute Gasteiger partial charge is 0.493 e. The van der Waals surface area contributed by atoms with Crippen molar-refractivity contribution < 1.29 is 14.2 Å². The van der Waals surface area contributed by atoms with Gasteiger partial charge in [0.25, 0.3) is 0 Å². The number of methoxy groups -OCH3 is 1. The van der Waals surface area contributed by atoms with Crippen molar-refractivity contribution in [3.8, 4) is 11.5 Å². The number of hydrogen-bond donors (Lipinski definition) is 1. The SMILES string of the molecule is CCn1cnc2cc(NCc3ccc(OC)c(OC[C@@H]4CCCO4)c3)ccc21. The van der Waals surface area contributed by atoms with E-state index in [0.717, 1.165) is 59.8 Å². The van der Waals surface area contributed by atoms with Crippen molar-refractivity contribution in [1.82, 2.24) is 9.55 Å². The second-order valence-corrected chi connectivity index (χ2v) is 7.02. The molecule has 0 aliphatic carbocycles. The van der Waals surface area contributed by atoms with E-state index in [-0.39, 0.29) is 6.10 Å². The molecule has 4 rings (SSSR count). The summed E-state index contributed by atoms with van der Waals surface area (Å²) in [6.07, 6.45) is 4.23. The van der Waals surface area contributed by atoms with Gasteiger partial charge in [-0.25, -0.2) is 4.98 Å². The summed E-state index contributed by atoms with van der Waals surface area (Å²) in [5.74, 6) is 1.50. The molecule has 1 aromatic heterocycles. The van der Waals surface area contributed by atoms with Crippen molar-refractivity contribution in [3.63, 3.8) is 0 Å². The number of anilines is 1. The number of ether oxygens (including phenoxy) is 3. The molecule has 0 bridgehead atoms. The monoisotopic (exact) mass is 381 g/mol. The number of aryl methyl sites for hydroxylation is 1. The van der Waals surface area contributed by atoms with Crippen LogP contribution in [0.25, 0.3) is 11.0 Å². The molecule has 0 unspecified atom stereocenters. The summed E-state index contributed by atoms with van der Waals surface area (Å²) in [5.41, 5.74) is 4.33. The van der Waals surface area contributed by atoms with E-state index in [9.17, 15) is 0 Å². The highest BCUT2D eigenvalue weighted by atomic mass is 16.5. The van der Waals surface area contributed by atoms with Gasteiger partial charge in [0.15, 0.2) is 11.5 Å². The van der Waals surface area contributed by atoms with Gasteiger partial charge in [-0.05, 0) is 55.7 Å². The summed E-state index contributed by atoms with van der Waals surface area (Å²) < 4.78 is 19.2. The standard InChI is InChI=1S/C22H27N3O3/c1-3-25-15-24-19-12-17(7-8-20(19)25)23-13-16-6-9-21(26-2)22(11-16)28-14-18-5-4-10-27-18/h6-9,11-12,15,18,23H,3-5,10,13-14H2,1-2H3/t18-/m0/s1. The minimum Gasteiger partial charge on any atom is -0.493 e. The predicted octanol–water partition coefficient (Wildman–Crippen LogP) is 4.23. The maximum absolute atomic E-state index is 5.99. The van der Waals surface area contributed by atoms with Crippen molar-refractivity contribution in [2.24, 2.45) is 0 Å². The van der Waals surface area contributed by atoms with Gasteiger partial charge in [-0.1, -0.05) is 6.07 Å². The van der Waals surface area contributed by atoms with Crippen LogP contribution in [0.3, 0.4) is 0 Å². The lowest BCUT2D eigenvalue weighted by Crippen LogP contribution is -2.16. The van der Waals surface area contributed by atoms with Gasteiger partial charge in [-0.15, -0.1) is 0 Å². The van der Waals surface area contributed by atoms with Crippen LogP contribution >= 0.6 is 0 Å². The number of benzene rings is 2. The molecule has 0 spiro atoms. The van der Waals surface area contributed by atoms with Crippen molar-refractivity contribution in [2.75, 3.05) is 25.6 Å². The Morgan fingerprint density at radius 3 is 2.93 bits per heavy atom.